The number of hydrogen-bond donors (Lipinski definition) is 2. The largest absolute Gasteiger partial charge is 0.505 e. The molecule has 31 heavy (non-hydrogen) atoms. The van der Waals surface area contributed by atoms with Gasteiger partial charge in [-0.1, -0.05) is 52.6 Å². The molecular formula is C21H17Cl2N5O3. The fraction of sp³-hybridized carbons (Fsp3) is 0.0952. The lowest BCUT2D eigenvalue weighted by Gasteiger charge is -2.13. The number of halogens is 2. The van der Waals surface area contributed by atoms with Gasteiger partial charge in [0.2, 0.25) is 0 Å². The highest BCUT2D eigenvalue weighted by molar-refractivity contribution is 6.37. The molecule has 4 rings (SSSR count). The number of methoxy groups -OCH3 is 1. The van der Waals surface area contributed by atoms with Gasteiger partial charge in [0.05, 0.1) is 22.8 Å². The normalized spacial score (nSPS) is 10.7. The number of hydrogen-bond acceptors (Lipinski definition) is 7. The average molecular weight is 458 g/mol. The van der Waals surface area contributed by atoms with Crippen LogP contribution < -0.4 is 14.8 Å². The third-order valence-corrected chi connectivity index (χ3v) is 4.96. The van der Waals surface area contributed by atoms with Crippen LogP contribution in [0.1, 0.15) is 5.56 Å². The van der Waals surface area contributed by atoms with Crippen molar-refractivity contribution in [3.63, 3.8) is 0 Å². The summed E-state index contributed by atoms with van der Waals surface area (Å²) in [6.45, 7) is 0.468. The summed E-state index contributed by atoms with van der Waals surface area (Å²) in [6.07, 6.45) is 0. The van der Waals surface area contributed by atoms with Crippen molar-refractivity contribution in [1.29, 1.82) is 0 Å². The quantitative estimate of drug-likeness (QED) is 0.373. The van der Waals surface area contributed by atoms with Crippen molar-refractivity contribution in [2.45, 2.75) is 6.54 Å². The number of anilines is 1. The lowest BCUT2D eigenvalue weighted by molar-refractivity contribution is 0.363. The van der Waals surface area contributed by atoms with E-state index in [4.69, 9.17) is 32.7 Å². The Morgan fingerprint density at radius 1 is 1.00 bits per heavy atom. The summed E-state index contributed by atoms with van der Waals surface area (Å²) in [7, 11) is 1.55. The number of nitrogens with one attached hydrogen (secondary N) is 1. The van der Waals surface area contributed by atoms with E-state index >= 15 is 0 Å². The molecule has 0 bridgehead atoms. The first-order valence-electron chi connectivity index (χ1n) is 9.15. The molecule has 0 aliphatic rings. The highest BCUT2D eigenvalue weighted by atomic mass is 35.5. The second-order valence-corrected chi connectivity index (χ2v) is 7.25. The van der Waals surface area contributed by atoms with Crippen LogP contribution in [0.3, 0.4) is 0 Å². The van der Waals surface area contributed by atoms with Crippen molar-refractivity contribution in [2.24, 2.45) is 0 Å². The van der Waals surface area contributed by atoms with Crippen LogP contribution >= 0.6 is 23.2 Å². The van der Waals surface area contributed by atoms with Crippen LogP contribution in [-0.2, 0) is 6.54 Å². The average Bonchev–Trinajstić information content (AvgIpc) is 3.25. The van der Waals surface area contributed by atoms with Gasteiger partial charge < -0.3 is 19.9 Å². The second-order valence-electron chi connectivity index (χ2n) is 6.44. The van der Waals surface area contributed by atoms with Crippen LogP contribution in [0.5, 0.6) is 23.3 Å². The number of rotatable bonds is 7. The van der Waals surface area contributed by atoms with Crippen LogP contribution in [0, 0.1) is 0 Å². The predicted octanol–water partition coefficient (Wildman–Crippen LogP) is 5.09. The van der Waals surface area contributed by atoms with E-state index in [1.807, 2.05) is 42.5 Å². The molecule has 0 spiro atoms. The third kappa shape index (κ3) is 4.65. The maximum absolute atomic E-state index is 9.67. The molecule has 2 N–H and O–H groups in total. The zero-order valence-corrected chi connectivity index (χ0v) is 17.8. The molecule has 0 radical (unpaired) electrons. The molecule has 0 saturated carbocycles. The van der Waals surface area contributed by atoms with Gasteiger partial charge in [-0.25, -0.2) is 0 Å². The number of para-hydroxylation sites is 1. The first-order valence-corrected chi connectivity index (χ1v) is 9.91. The standard InChI is InChI=1S/C21H17Cl2N5O3/c1-30-19-9-13(12-24-14-10-16(22)20(29)17(23)11-14)7-8-18(19)31-21-25-26-27-28(21)15-5-3-2-4-6-15/h2-11,24,29H,12H2,1H3. The summed E-state index contributed by atoms with van der Waals surface area (Å²) in [5.74, 6) is 0.840. The van der Waals surface area contributed by atoms with Gasteiger partial charge in [0, 0.05) is 12.2 Å². The minimum Gasteiger partial charge on any atom is -0.505 e. The fourth-order valence-corrected chi connectivity index (χ4v) is 3.34. The molecule has 1 heterocycles. The number of ether oxygens (including phenoxy) is 2. The topological polar surface area (TPSA) is 94.3 Å². The monoisotopic (exact) mass is 457 g/mol. The molecule has 0 saturated heterocycles. The van der Waals surface area contributed by atoms with Crippen LogP contribution in [0.4, 0.5) is 5.69 Å². The molecule has 3 aromatic carbocycles. The van der Waals surface area contributed by atoms with Crippen molar-refractivity contribution in [2.75, 3.05) is 12.4 Å². The number of phenolic OH excluding ortho intramolecular Hbond substituents is 1. The molecule has 4 aromatic rings. The fourth-order valence-electron chi connectivity index (χ4n) is 2.85. The Labute approximate surface area is 187 Å². The Bertz CT molecular complexity index is 1180. The highest BCUT2D eigenvalue weighted by Crippen LogP contribution is 2.35. The molecule has 0 amide bonds. The van der Waals surface area contributed by atoms with Crippen LogP contribution in [0.15, 0.2) is 60.7 Å². The molecule has 0 atom stereocenters. The van der Waals surface area contributed by atoms with Gasteiger partial charge in [-0.2, -0.15) is 4.68 Å². The molecule has 0 unspecified atom stereocenters. The van der Waals surface area contributed by atoms with E-state index in [-0.39, 0.29) is 21.8 Å². The van der Waals surface area contributed by atoms with Gasteiger partial charge in [-0.05, 0) is 52.4 Å². The molecule has 0 aliphatic carbocycles. The minimum absolute atomic E-state index is 0.144. The predicted molar refractivity (Wildman–Crippen MR) is 118 cm³/mol. The van der Waals surface area contributed by atoms with Gasteiger partial charge >= 0.3 is 6.01 Å². The van der Waals surface area contributed by atoms with Crippen LogP contribution in [-0.4, -0.2) is 32.4 Å². The maximum Gasteiger partial charge on any atom is 0.346 e. The SMILES string of the molecule is COc1cc(CNc2cc(Cl)c(O)c(Cl)c2)ccc1Oc1nnnn1-c1ccccc1. The van der Waals surface area contributed by atoms with Crippen molar-refractivity contribution in [1.82, 2.24) is 20.2 Å². The summed E-state index contributed by atoms with van der Waals surface area (Å²) in [5, 5.41) is 24.9. The Hall–Kier alpha value is -3.49. The van der Waals surface area contributed by atoms with Gasteiger partial charge in [-0.3, -0.25) is 0 Å². The van der Waals surface area contributed by atoms with Gasteiger partial charge in [0.1, 0.15) is 0 Å². The molecule has 0 fully saturated rings. The number of phenols is 1. The molecule has 0 aliphatic heterocycles. The van der Waals surface area contributed by atoms with Crippen molar-refractivity contribution in [3.8, 4) is 28.9 Å². The van der Waals surface area contributed by atoms with Crippen molar-refractivity contribution >= 4 is 28.9 Å². The summed E-state index contributed by atoms with van der Waals surface area (Å²) < 4.78 is 12.9. The summed E-state index contributed by atoms with van der Waals surface area (Å²) in [5.41, 5.74) is 2.37. The molecule has 8 nitrogen and oxygen atoms in total. The molecule has 158 valence electrons. The maximum atomic E-state index is 9.67. The molecule has 1 aromatic heterocycles. The van der Waals surface area contributed by atoms with E-state index in [1.54, 1.807) is 25.3 Å². The lowest BCUT2D eigenvalue weighted by Crippen LogP contribution is -2.02. The Morgan fingerprint density at radius 2 is 1.74 bits per heavy atom. The van der Waals surface area contributed by atoms with E-state index < -0.39 is 0 Å². The van der Waals surface area contributed by atoms with Gasteiger partial charge in [0.25, 0.3) is 0 Å². The highest BCUT2D eigenvalue weighted by Gasteiger charge is 2.14. The molecule has 10 heteroatoms. The zero-order valence-electron chi connectivity index (χ0n) is 16.3. The first kappa shape index (κ1) is 20.8. The van der Waals surface area contributed by atoms with E-state index in [2.05, 4.69) is 20.8 Å². The summed E-state index contributed by atoms with van der Waals surface area (Å²) in [4.78, 5) is 0. The van der Waals surface area contributed by atoms with E-state index in [1.165, 1.54) is 4.68 Å². The number of tetrazole rings is 1. The van der Waals surface area contributed by atoms with E-state index in [9.17, 15) is 5.11 Å². The smallest absolute Gasteiger partial charge is 0.346 e. The van der Waals surface area contributed by atoms with Crippen LogP contribution in [0.2, 0.25) is 10.0 Å². The van der Waals surface area contributed by atoms with Crippen LogP contribution in [0.25, 0.3) is 5.69 Å². The second kappa shape index (κ2) is 9.11. The summed E-state index contributed by atoms with van der Waals surface area (Å²) >= 11 is 11.9. The third-order valence-electron chi connectivity index (χ3n) is 4.38. The number of benzene rings is 3. The van der Waals surface area contributed by atoms with Crippen molar-refractivity contribution < 1.29 is 14.6 Å². The molecular weight excluding hydrogens is 441 g/mol. The Kier molecular flexibility index (Phi) is 6.11. The minimum atomic E-state index is -0.144. The van der Waals surface area contributed by atoms with E-state index in [0.29, 0.717) is 23.7 Å². The lowest BCUT2D eigenvalue weighted by atomic mass is 10.2. The number of nitrogens with zero attached hydrogens (tertiary/aromatic N) is 4. The Morgan fingerprint density at radius 3 is 2.45 bits per heavy atom. The first-order chi connectivity index (χ1) is 15.0. The zero-order chi connectivity index (χ0) is 21.8. The summed E-state index contributed by atoms with van der Waals surface area (Å²) in [6, 6.07) is 18.3. The van der Waals surface area contributed by atoms with Gasteiger partial charge in [0.15, 0.2) is 17.2 Å². The van der Waals surface area contributed by atoms with Gasteiger partial charge in [-0.15, -0.1) is 0 Å². The van der Waals surface area contributed by atoms with E-state index in [0.717, 1.165) is 11.3 Å². The van der Waals surface area contributed by atoms with Crippen molar-refractivity contribution in [3.05, 3.63) is 76.3 Å². The number of aromatic nitrogens is 4. The Balaban J connectivity index is 1.51. The number of aromatic hydroxyl groups is 1.